The highest BCUT2D eigenvalue weighted by Crippen LogP contribution is 2.01. The molecule has 3 nitrogen and oxygen atoms in total. The van der Waals surface area contributed by atoms with Crippen LogP contribution in [0.4, 0.5) is 0 Å². The lowest BCUT2D eigenvalue weighted by atomic mass is 10.1. The van der Waals surface area contributed by atoms with E-state index < -0.39 is 0 Å². The van der Waals surface area contributed by atoms with Gasteiger partial charge >= 0.3 is 0 Å². The van der Waals surface area contributed by atoms with Gasteiger partial charge in [0.25, 0.3) is 0 Å². The number of piperazine rings is 1. The Labute approximate surface area is 72.6 Å². The number of rotatable bonds is 2. The fourth-order valence-electron chi connectivity index (χ4n) is 1.54. The number of nitrogens with one attached hydrogen (secondary N) is 2. The Morgan fingerprint density at radius 1 is 1.58 bits per heavy atom. The normalized spacial score (nSPS) is 24.2. The van der Waals surface area contributed by atoms with Gasteiger partial charge in [-0.3, -0.25) is 0 Å². The van der Waals surface area contributed by atoms with Crippen molar-refractivity contribution < 1.29 is 0 Å². The molecule has 1 fully saturated rings. The van der Waals surface area contributed by atoms with Crippen LogP contribution in [0.25, 0.3) is 0 Å². The molecule has 0 saturated carbocycles. The van der Waals surface area contributed by atoms with Gasteiger partial charge in [0.15, 0.2) is 0 Å². The van der Waals surface area contributed by atoms with E-state index in [4.69, 9.17) is 0 Å². The van der Waals surface area contributed by atoms with Crippen molar-refractivity contribution in [2.45, 2.75) is 12.5 Å². The van der Waals surface area contributed by atoms with Crippen LogP contribution in [0, 0.1) is 0 Å². The van der Waals surface area contributed by atoms with E-state index in [2.05, 4.69) is 21.7 Å². The van der Waals surface area contributed by atoms with Crippen molar-refractivity contribution in [2.24, 2.45) is 0 Å². The van der Waals surface area contributed by atoms with Crippen LogP contribution in [-0.4, -0.2) is 30.7 Å². The van der Waals surface area contributed by atoms with Gasteiger partial charge in [0, 0.05) is 44.0 Å². The molecule has 12 heavy (non-hydrogen) atoms. The molecule has 0 spiro atoms. The molecule has 0 bridgehead atoms. The maximum absolute atomic E-state index is 4.52. The van der Waals surface area contributed by atoms with Crippen molar-refractivity contribution in [3.05, 3.63) is 24.0 Å². The molecule has 1 aromatic heterocycles. The zero-order chi connectivity index (χ0) is 8.23. The van der Waals surface area contributed by atoms with E-state index in [1.165, 1.54) is 5.69 Å². The highest BCUT2D eigenvalue weighted by atomic mass is 15.1. The molecule has 1 atom stereocenters. The first-order chi connectivity index (χ1) is 5.95. The monoisotopic (exact) mass is 164 g/mol. The number of nitrogens with zero attached hydrogens (tertiary/aromatic N) is 1. The van der Waals surface area contributed by atoms with E-state index >= 15 is 0 Å². The van der Waals surface area contributed by atoms with E-state index in [-0.39, 0.29) is 0 Å². The van der Waals surface area contributed by atoms with Gasteiger partial charge in [-0.25, -0.2) is 5.32 Å². The highest BCUT2D eigenvalue weighted by molar-refractivity contribution is 5.05. The average molecular weight is 164 g/mol. The van der Waals surface area contributed by atoms with Gasteiger partial charge in [0.1, 0.15) is 0 Å². The highest BCUT2D eigenvalue weighted by Gasteiger charge is 2.13. The van der Waals surface area contributed by atoms with Crippen LogP contribution in [0.1, 0.15) is 5.69 Å². The Kier molecular flexibility index (Phi) is 2.44. The first kappa shape index (κ1) is 7.83. The Morgan fingerprint density at radius 2 is 2.58 bits per heavy atom. The number of aromatic nitrogens is 1. The van der Waals surface area contributed by atoms with Crippen molar-refractivity contribution in [1.29, 1.82) is 0 Å². The van der Waals surface area contributed by atoms with Crippen molar-refractivity contribution in [3.63, 3.8) is 0 Å². The molecule has 0 aromatic carbocycles. The van der Waals surface area contributed by atoms with Crippen molar-refractivity contribution in [1.82, 2.24) is 15.6 Å². The summed E-state index contributed by atoms with van der Waals surface area (Å²) in [5.41, 5.74) is 1.28. The van der Waals surface area contributed by atoms with E-state index in [9.17, 15) is 0 Å². The average Bonchev–Trinajstić information content (AvgIpc) is 2.59. The van der Waals surface area contributed by atoms with Gasteiger partial charge < -0.3 is 10.3 Å². The number of aromatic amines is 1. The fourth-order valence-corrected chi connectivity index (χ4v) is 1.54. The molecular formula is C9H14N3. The molecule has 1 unspecified atom stereocenters. The minimum atomic E-state index is 0.470. The first-order valence-electron chi connectivity index (χ1n) is 4.45. The SMILES string of the molecule is c1c[nH]c(CC2CNCC[N]2)c1. The fraction of sp³-hybridized carbons (Fsp3) is 0.556. The number of hydrogen-bond donors (Lipinski definition) is 2. The molecule has 1 saturated heterocycles. The van der Waals surface area contributed by atoms with E-state index in [0.717, 1.165) is 26.1 Å². The van der Waals surface area contributed by atoms with Gasteiger partial charge in [-0.2, -0.15) is 0 Å². The topological polar surface area (TPSA) is 41.9 Å². The summed E-state index contributed by atoms with van der Waals surface area (Å²) in [6.45, 7) is 3.03. The second-order valence-corrected chi connectivity index (χ2v) is 3.16. The quantitative estimate of drug-likeness (QED) is 0.641. The zero-order valence-electron chi connectivity index (χ0n) is 7.09. The van der Waals surface area contributed by atoms with Crippen molar-refractivity contribution in [2.75, 3.05) is 19.6 Å². The number of H-pyrrole nitrogens is 1. The van der Waals surface area contributed by atoms with Crippen LogP contribution in [0.15, 0.2) is 18.3 Å². The molecule has 2 rings (SSSR count). The minimum absolute atomic E-state index is 0.470. The molecule has 3 heteroatoms. The van der Waals surface area contributed by atoms with Crippen molar-refractivity contribution >= 4 is 0 Å². The third-order valence-electron chi connectivity index (χ3n) is 2.17. The standard InChI is InChI=1S/C9H14N3/c1-2-8(11-3-1)6-9-7-10-4-5-12-9/h1-3,9-11H,4-7H2. The van der Waals surface area contributed by atoms with Crippen LogP contribution >= 0.6 is 0 Å². The molecular weight excluding hydrogens is 150 g/mol. The van der Waals surface area contributed by atoms with Gasteiger partial charge in [0.05, 0.1) is 0 Å². The molecule has 1 radical (unpaired) electrons. The molecule has 1 aromatic rings. The summed E-state index contributed by atoms with van der Waals surface area (Å²) in [6.07, 6.45) is 3.01. The smallest absolute Gasteiger partial charge is 0.0425 e. The molecule has 0 amide bonds. The van der Waals surface area contributed by atoms with Crippen LogP contribution in [0.5, 0.6) is 0 Å². The van der Waals surface area contributed by atoms with Gasteiger partial charge in [-0.1, -0.05) is 0 Å². The lowest BCUT2D eigenvalue weighted by Crippen LogP contribution is -2.45. The van der Waals surface area contributed by atoms with Crippen molar-refractivity contribution in [3.8, 4) is 0 Å². The summed E-state index contributed by atoms with van der Waals surface area (Å²) in [4.78, 5) is 3.20. The van der Waals surface area contributed by atoms with E-state index in [1.54, 1.807) is 0 Å². The van der Waals surface area contributed by atoms with Gasteiger partial charge in [0.2, 0.25) is 0 Å². The van der Waals surface area contributed by atoms with Crippen LogP contribution in [-0.2, 0) is 6.42 Å². The predicted molar refractivity (Wildman–Crippen MR) is 48.2 cm³/mol. The maximum atomic E-state index is 4.52. The Balaban J connectivity index is 1.86. The summed E-state index contributed by atoms with van der Waals surface area (Å²) >= 11 is 0. The largest absolute Gasteiger partial charge is 0.365 e. The molecule has 0 aliphatic carbocycles. The predicted octanol–water partition coefficient (Wildman–Crippen LogP) is 0.133. The molecule has 1 aliphatic rings. The third-order valence-corrected chi connectivity index (χ3v) is 2.17. The Hall–Kier alpha value is -0.800. The summed E-state index contributed by atoms with van der Waals surface area (Å²) in [6, 6.07) is 4.62. The van der Waals surface area contributed by atoms with Gasteiger partial charge in [-0.15, -0.1) is 0 Å². The lowest BCUT2D eigenvalue weighted by Gasteiger charge is -2.21. The van der Waals surface area contributed by atoms with Crippen LogP contribution in [0.2, 0.25) is 0 Å². The van der Waals surface area contributed by atoms with Crippen LogP contribution < -0.4 is 10.6 Å². The maximum Gasteiger partial charge on any atom is 0.0425 e. The van der Waals surface area contributed by atoms with Crippen LogP contribution in [0.3, 0.4) is 0 Å². The van der Waals surface area contributed by atoms with E-state index in [0.29, 0.717) is 6.04 Å². The summed E-state index contributed by atoms with van der Waals surface area (Å²) in [5, 5.41) is 7.86. The lowest BCUT2D eigenvalue weighted by molar-refractivity contribution is 0.406. The third kappa shape index (κ3) is 1.87. The first-order valence-corrected chi connectivity index (χ1v) is 4.45. The molecule has 1 aliphatic heterocycles. The Morgan fingerprint density at radius 3 is 3.25 bits per heavy atom. The second-order valence-electron chi connectivity index (χ2n) is 3.16. The molecule has 2 heterocycles. The molecule has 2 N–H and O–H groups in total. The second kappa shape index (κ2) is 3.74. The summed E-state index contributed by atoms with van der Waals surface area (Å²) < 4.78 is 0. The number of hydrogen-bond acceptors (Lipinski definition) is 1. The summed E-state index contributed by atoms with van der Waals surface area (Å²) in [5.74, 6) is 0. The zero-order valence-corrected chi connectivity index (χ0v) is 7.09. The Bertz CT molecular complexity index is 212. The summed E-state index contributed by atoms with van der Waals surface area (Å²) in [7, 11) is 0. The van der Waals surface area contributed by atoms with E-state index in [1.807, 2.05) is 12.3 Å². The minimum Gasteiger partial charge on any atom is -0.365 e. The molecule has 65 valence electrons. The van der Waals surface area contributed by atoms with Gasteiger partial charge in [-0.05, 0) is 12.1 Å².